The summed E-state index contributed by atoms with van der Waals surface area (Å²) in [5.74, 6) is -0.293. The first-order valence-corrected chi connectivity index (χ1v) is 8.01. The Kier molecular flexibility index (Phi) is 6.35. The molecule has 0 heterocycles. The lowest BCUT2D eigenvalue weighted by Gasteiger charge is -2.18. The molecule has 0 aliphatic carbocycles. The molecule has 2 aromatic carbocycles. The first-order chi connectivity index (χ1) is 11.5. The zero-order chi connectivity index (χ0) is 17.5. The summed E-state index contributed by atoms with van der Waals surface area (Å²) in [5.41, 5.74) is 2.18. The lowest BCUT2D eigenvalue weighted by atomic mass is 10.1. The summed E-state index contributed by atoms with van der Waals surface area (Å²) in [5, 5.41) is 25.9. The Morgan fingerprint density at radius 2 is 1.88 bits per heavy atom. The van der Waals surface area contributed by atoms with E-state index >= 15 is 0 Å². The van der Waals surface area contributed by atoms with Crippen molar-refractivity contribution in [1.82, 2.24) is 5.32 Å². The minimum atomic E-state index is -0.726. The van der Waals surface area contributed by atoms with E-state index in [1.54, 1.807) is 12.1 Å². The van der Waals surface area contributed by atoms with E-state index < -0.39 is 6.10 Å². The van der Waals surface area contributed by atoms with Gasteiger partial charge in [-0.3, -0.25) is 4.79 Å². The van der Waals surface area contributed by atoms with Crippen molar-refractivity contribution >= 4 is 11.6 Å². The molecule has 0 bridgehead atoms. The third-order valence-corrected chi connectivity index (χ3v) is 3.76. The van der Waals surface area contributed by atoms with E-state index in [1.807, 2.05) is 18.2 Å². The number of benzene rings is 2. The van der Waals surface area contributed by atoms with Crippen molar-refractivity contribution < 1.29 is 15.0 Å². The smallest absolute Gasteiger partial charge is 0.221 e. The first kappa shape index (κ1) is 18.0. The van der Waals surface area contributed by atoms with Crippen LogP contribution in [0.1, 0.15) is 31.1 Å². The van der Waals surface area contributed by atoms with Crippen LogP contribution in [-0.4, -0.2) is 28.7 Å². The molecule has 128 valence electrons. The molecule has 2 aromatic rings. The van der Waals surface area contributed by atoms with E-state index in [1.165, 1.54) is 18.6 Å². The number of nitrogens with one attached hydrogen (secondary N) is 2. The SMILES string of the molecule is CC(=O)Nc1cc([C@@H](O)CNC(C)Cc2ccccc2)ccc1O. The Hall–Kier alpha value is -2.37. The summed E-state index contributed by atoms with van der Waals surface area (Å²) in [6.07, 6.45) is 0.150. The van der Waals surface area contributed by atoms with Gasteiger partial charge in [-0.05, 0) is 36.6 Å². The minimum absolute atomic E-state index is 0.0217. The number of carbonyl (C=O) groups excluding carboxylic acids is 1. The lowest BCUT2D eigenvalue weighted by Crippen LogP contribution is -2.32. The standard InChI is InChI=1S/C19H24N2O3/c1-13(10-15-6-4-3-5-7-15)20-12-19(24)16-8-9-18(23)17(11-16)21-14(2)22/h3-9,11,13,19-20,23-24H,10,12H2,1-2H3,(H,21,22)/t13?,19-/m0/s1. The predicted octanol–water partition coefficient (Wildman–Crippen LogP) is 2.60. The Bertz CT molecular complexity index is 674. The van der Waals surface area contributed by atoms with Crippen LogP contribution in [0.4, 0.5) is 5.69 Å². The number of hydrogen-bond donors (Lipinski definition) is 4. The highest BCUT2D eigenvalue weighted by Gasteiger charge is 2.13. The fourth-order valence-electron chi connectivity index (χ4n) is 2.52. The molecule has 1 unspecified atom stereocenters. The van der Waals surface area contributed by atoms with Crippen molar-refractivity contribution in [3.05, 3.63) is 59.7 Å². The van der Waals surface area contributed by atoms with Gasteiger partial charge in [0.2, 0.25) is 5.91 Å². The molecule has 0 saturated carbocycles. The molecule has 4 N–H and O–H groups in total. The largest absolute Gasteiger partial charge is 0.506 e. The van der Waals surface area contributed by atoms with E-state index in [0.29, 0.717) is 17.8 Å². The van der Waals surface area contributed by atoms with Crippen LogP contribution in [0.15, 0.2) is 48.5 Å². The number of aliphatic hydroxyl groups excluding tert-OH is 1. The van der Waals surface area contributed by atoms with Crippen molar-refractivity contribution in [3.8, 4) is 5.75 Å². The van der Waals surface area contributed by atoms with Gasteiger partial charge in [-0.1, -0.05) is 36.4 Å². The van der Waals surface area contributed by atoms with Gasteiger partial charge < -0.3 is 20.8 Å². The number of aliphatic hydroxyl groups is 1. The fraction of sp³-hybridized carbons (Fsp3) is 0.316. The van der Waals surface area contributed by atoms with Gasteiger partial charge >= 0.3 is 0 Å². The second-order valence-corrected chi connectivity index (χ2v) is 5.97. The van der Waals surface area contributed by atoms with Gasteiger partial charge in [-0.15, -0.1) is 0 Å². The van der Waals surface area contributed by atoms with E-state index in [4.69, 9.17) is 0 Å². The maximum absolute atomic E-state index is 11.1. The molecule has 5 nitrogen and oxygen atoms in total. The number of phenolic OH excluding ortho intramolecular Hbond substituents is 1. The normalized spacial score (nSPS) is 13.3. The average molecular weight is 328 g/mol. The van der Waals surface area contributed by atoms with Crippen LogP contribution in [0.2, 0.25) is 0 Å². The molecule has 24 heavy (non-hydrogen) atoms. The Balaban J connectivity index is 1.92. The molecule has 1 amide bonds. The number of carbonyl (C=O) groups is 1. The van der Waals surface area contributed by atoms with Crippen LogP contribution in [0, 0.1) is 0 Å². The van der Waals surface area contributed by atoms with Gasteiger partial charge in [0.15, 0.2) is 0 Å². The molecule has 0 aliphatic rings. The number of hydrogen-bond acceptors (Lipinski definition) is 4. The summed E-state index contributed by atoms with van der Waals surface area (Å²) in [7, 11) is 0. The average Bonchev–Trinajstić information content (AvgIpc) is 2.55. The fourth-order valence-corrected chi connectivity index (χ4v) is 2.52. The zero-order valence-electron chi connectivity index (χ0n) is 14.0. The van der Waals surface area contributed by atoms with Crippen molar-refractivity contribution in [3.63, 3.8) is 0 Å². The van der Waals surface area contributed by atoms with Gasteiger partial charge in [0.05, 0.1) is 11.8 Å². The first-order valence-electron chi connectivity index (χ1n) is 8.01. The molecule has 2 atom stereocenters. The van der Waals surface area contributed by atoms with Crippen LogP contribution in [0.5, 0.6) is 5.75 Å². The molecule has 0 saturated heterocycles. The number of aromatic hydroxyl groups is 1. The number of amides is 1. The lowest BCUT2D eigenvalue weighted by molar-refractivity contribution is -0.114. The predicted molar refractivity (Wildman–Crippen MR) is 95.0 cm³/mol. The highest BCUT2D eigenvalue weighted by molar-refractivity contribution is 5.90. The van der Waals surface area contributed by atoms with Gasteiger partial charge in [0.25, 0.3) is 0 Å². The van der Waals surface area contributed by atoms with Crippen LogP contribution >= 0.6 is 0 Å². The summed E-state index contributed by atoms with van der Waals surface area (Å²) >= 11 is 0. The van der Waals surface area contributed by atoms with Crippen LogP contribution in [0.3, 0.4) is 0 Å². The Morgan fingerprint density at radius 3 is 2.54 bits per heavy atom. The second-order valence-electron chi connectivity index (χ2n) is 5.97. The molecule has 0 spiro atoms. The van der Waals surface area contributed by atoms with Crippen LogP contribution < -0.4 is 10.6 Å². The highest BCUT2D eigenvalue weighted by atomic mass is 16.3. The Morgan fingerprint density at radius 1 is 1.17 bits per heavy atom. The van der Waals surface area contributed by atoms with Crippen LogP contribution in [-0.2, 0) is 11.2 Å². The number of anilines is 1. The topological polar surface area (TPSA) is 81.6 Å². The molecule has 5 heteroatoms. The third kappa shape index (κ3) is 5.37. The zero-order valence-corrected chi connectivity index (χ0v) is 14.0. The quantitative estimate of drug-likeness (QED) is 0.589. The van der Waals surface area contributed by atoms with E-state index in [9.17, 15) is 15.0 Å². The molecular weight excluding hydrogens is 304 g/mol. The molecule has 0 radical (unpaired) electrons. The Labute approximate surface area is 142 Å². The maximum atomic E-state index is 11.1. The molecule has 0 fully saturated rings. The summed E-state index contributed by atoms with van der Waals surface area (Å²) in [4.78, 5) is 11.1. The van der Waals surface area contributed by atoms with Gasteiger partial charge in [0.1, 0.15) is 5.75 Å². The summed E-state index contributed by atoms with van der Waals surface area (Å²) in [6.45, 7) is 3.83. The summed E-state index contributed by atoms with van der Waals surface area (Å²) in [6, 6.07) is 15.1. The van der Waals surface area contributed by atoms with Crippen molar-refractivity contribution in [2.45, 2.75) is 32.4 Å². The van der Waals surface area contributed by atoms with Gasteiger partial charge in [0, 0.05) is 19.5 Å². The van der Waals surface area contributed by atoms with Crippen LogP contribution in [0.25, 0.3) is 0 Å². The molecule has 0 aliphatic heterocycles. The van der Waals surface area contributed by atoms with Crippen molar-refractivity contribution in [1.29, 1.82) is 0 Å². The number of rotatable bonds is 7. The maximum Gasteiger partial charge on any atom is 0.221 e. The van der Waals surface area contributed by atoms with Gasteiger partial charge in [-0.25, -0.2) is 0 Å². The van der Waals surface area contributed by atoms with Crippen molar-refractivity contribution in [2.75, 3.05) is 11.9 Å². The number of phenols is 1. The second kappa shape index (κ2) is 8.47. The van der Waals surface area contributed by atoms with E-state index in [-0.39, 0.29) is 17.7 Å². The summed E-state index contributed by atoms with van der Waals surface area (Å²) < 4.78 is 0. The molecular formula is C19H24N2O3. The van der Waals surface area contributed by atoms with E-state index in [2.05, 4.69) is 29.7 Å². The van der Waals surface area contributed by atoms with Gasteiger partial charge in [-0.2, -0.15) is 0 Å². The monoisotopic (exact) mass is 328 g/mol. The highest BCUT2D eigenvalue weighted by Crippen LogP contribution is 2.27. The molecule has 0 aromatic heterocycles. The van der Waals surface area contributed by atoms with E-state index in [0.717, 1.165) is 6.42 Å². The van der Waals surface area contributed by atoms with Crippen molar-refractivity contribution in [2.24, 2.45) is 0 Å². The third-order valence-electron chi connectivity index (χ3n) is 3.76. The minimum Gasteiger partial charge on any atom is -0.506 e. The molecule has 2 rings (SSSR count).